The summed E-state index contributed by atoms with van der Waals surface area (Å²) in [6.07, 6.45) is 1.17. The molecular weight excluding hydrogens is 242 g/mol. The normalized spacial score (nSPS) is 23.8. The lowest BCUT2D eigenvalue weighted by molar-refractivity contribution is -0.134. The third-order valence-corrected chi connectivity index (χ3v) is 2.84. The summed E-state index contributed by atoms with van der Waals surface area (Å²) in [5, 5.41) is 2.50. The van der Waals surface area contributed by atoms with Crippen LogP contribution >= 0.6 is 12.4 Å². The molecule has 5 nitrogen and oxygen atoms in total. The van der Waals surface area contributed by atoms with Crippen LogP contribution in [-0.4, -0.2) is 42.9 Å². The number of carbonyl (C=O) groups excluding carboxylic acids is 2. The van der Waals surface area contributed by atoms with Crippen molar-refractivity contribution in [1.82, 2.24) is 10.2 Å². The monoisotopic (exact) mass is 263 g/mol. The summed E-state index contributed by atoms with van der Waals surface area (Å²) in [6, 6.07) is 0. The van der Waals surface area contributed by atoms with Gasteiger partial charge in [-0.15, -0.1) is 12.4 Å². The molecule has 0 spiro atoms. The zero-order chi connectivity index (χ0) is 12.1. The SMILES string of the molecule is CC1CC(C)CN(C(=O)CNC(=O)CN)C1.Cl. The molecule has 2 atom stereocenters. The molecule has 0 saturated carbocycles. The van der Waals surface area contributed by atoms with Crippen LogP contribution in [0.1, 0.15) is 20.3 Å². The second-order valence-corrected chi connectivity index (χ2v) is 4.73. The first kappa shape index (κ1) is 16.2. The summed E-state index contributed by atoms with van der Waals surface area (Å²) in [7, 11) is 0. The summed E-state index contributed by atoms with van der Waals surface area (Å²) < 4.78 is 0. The Morgan fingerprint density at radius 1 is 1.29 bits per heavy atom. The van der Waals surface area contributed by atoms with Gasteiger partial charge in [-0.3, -0.25) is 9.59 Å². The lowest BCUT2D eigenvalue weighted by Crippen LogP contribution is -2.47. The van der Waals surface area contributed by atoms with Crippen LogP contribution < -0.4 is 11.1 Å². The van der Waals surface area contributed by atoms with Gasteiger partial charge in [0.2, 0.25) is 11.8 Å². The Bertz CT molecular complexity index is 263. The first-order chi connectivity index (χ1) is 7.52. The molecule has 1 fully saturated rings. The fourth-order valence-electron chi connectivity index (χ4n) is 2.22. The second-order valence-electron chi connectivity index (χ2n) is 4.73. The molecule has 3 N–H and O–H groups in total. The molecule has 6 heteroatoms. The minimum Gasteiger partial charge on any atom is -0.346 e. The van der Waals surface area contributed by atoms with Crippen LogP contribution in [0.3, 0.4) is 0 Å². The fourth-order valence-corrected chi connectivity index (χ4v) is 2.22. The molecule has 0 aliphatic carbocycles. The van der Waals surface area contributed by atoms with Crippen molar-refractivity contribution in [3.63, 3.8) is 0 Å². The number of nitrogens with two attached hydrogens (primary N) is 1. The minimum absolute atomic E-state index is 0. The molecule has 0 aromatic heterocycles. The third kappa shape index (κ3) is 5.37. The van der Waals surface area contributed by atoms with Gasteiger partial charge in [0.15, 0.2) is 0 Å². The van der Waals surface area contributed by atoms with Gasteiger partial charge in [-0.25, -0.2) is 0 Å². The Kier molecular flexibility index (Phi) is 7.15. The number of halogens is 1. The topological polar surface area (TPSA) is 75.4 Å². The molecule has 1 rings (SSSR count). The van der Waals surface area contributed by atoms with Crippen molar-refractivity contribution >= 4 is 24.2 Å². The van der Waals surface area contributed by atoms with Gasteiger partial charge in [-0.1, -0.05) is 13.8 Å². The maximum atomic E-state index is 11.8. The number of likely N-dealkylation sites (tertiary alicyclic amines) is 1. The van der Waals surface area contributed by atoms with Crippen LogP contribution in [0.2, 0.25) is 0 Å². The molecular formula is C11H22ClN3O2. The van der Waals surface area contributed by atoms with Crippen molar-refractivity contribution in [2.75, 3.05) is 26.2 Å². The predicted octanol–water partition coefficient (Wildman–Crippen LogP) is -0.0124. The highest BCUT2D eigenvalue weighted by Gasteiger charge is 2.25. The second kappa shape index (κ2) is 7.50. The summed E-state index contributed by atoms with van der Waals surface area (Å²) in [5.74, 6) is 0.780. The molecule has 0 aromatic carbocycles. The van der Waals surface area contributed by atoms with Crippen LogP contribution in [0.4, 0.5) is 0 Å². The number of amides is 2. The van der Waals surface area contributed by atoms with E-state index < -0.39 is 0 Å². The maximum absolute atomic E-state index is 11.8. The molecule has 0 bridgehead atoms. The van der Waals surface area contributed by atoms with Crippen molar-refractivity contribution in [2.24, 2.45) is 17.6 Å². The van der Waals surface area contributed by atoms with E-state index >= 15 is 0 Å². The lowest BCUT2D eigenvalue weighted by atomic mass is 9.92. The van der Waals surface area contributed by atoms with Gasteiger partial charge in [0.05, 0.1) is 13.1 Å². The number of hydrogen-bond donors (Lipinski definition) is 2. The van der Waals surface area contributed by atoms with E-state index in [1.807, 2.05) is 4.90 Å². The standard InChI is InChI=1S/C11H21N3O2.ClH/c1-8-3-9(2)7-14(6-8)11(16)5-13-10(15)4-12;/h8-9H,3-7,12H2,1-2H3,(H,13,15);1H. The highest BCUT2D eigenvalue weighted by Crippen LogP contribution is 2.20. The number of piperidine rings is 1. The zero-order valence-corrected chi connectivity index (χ0v) is 11.3. The van der Waals surface area contributed by atoms with Gasteiger partial charge < -0.3 is 16.0 Å². The summed E-state index contributed by atoms with van der Waals surface area (Å²) in [6.45, 7) is 5.88. The summed E-state index contributed by atoms with van der Waals surface area (Å²) >= 11 is 0. The molecule has 0 aromatic rings. The van der Waals surface area contributed by atoms with Crippen LogP contribution in [0.5, 0.6) is 0 Å². The Morgan fingerprint density at radius 2 is 1.82 bits per heavy atom. The van der Waals surface area contributed by atoms with Crippen molar-refractivity contribution in [2.45, 2.75) is 20.3 Å². The summed E-state index contributed by atoms with van der Waals surface area (Å²) in [4.78, 5) is 24.5. The van der Waals surface area contributed by atoms with Crippen molar-refractivity contribution in [1.29, 1.82) is 0 Å². The predicted molar refractivity (Wildman–Crippen MR) is 68.8 cm³/mol. The molecule has 0 radical (unpaired) electrons. The minimum atomic E-state index is -0.286. The Labute approximate surface area is 109 Å². The van der Waals surface area contributed by atoms with Crippen LogP contribution in [0.25, 0.3) is 0 Å². The smallest absolute Gasteiger partial charge is 0.241 e. The average molecular weight is 264 g/mol. The van der Waals surface area contributed by atoms with E-state index in [2.05, 4.69) is 19.2 Å². The molecule has 100 valence electrons. The number of nitrogens with one attached hydrogen (secondary N) is 1. The molecule has 2 unspecified atom stereocenters. The molecule has 17 heavy (non-hydrogen) atoms. The Hall–Kier alpha value is -0.810. The van der Waals surface area contributed by atoms with E-state index in [1.54, 1.807) is 0 Å². The number of carbonyl (C=O) groups is 2. The number of nitrogens with zero attached hydrogens (tertiary/aromatic N) is 1. The highest BCUT2D eigenvalue weighted by molar-refractivity contribution is 5.85. The van der Waals surface area contributed by atoms with Crippen molar-refractivity contribution < 1.29 is 9.59 Å². The van der Waals surface area contributed by atoms with E-state index in [-0.39, 0.29) is 37.3 Å². The number of hydrogen-bond acceptors (Lipinski definition) is 3. The van der Waals surface area contributed by atoms with Gasteiger partial charge >= 0.3 is 0 Å². The van der Waals surface area contributed by atoms with Crippen LogP contribution in [0.15, 0.2) is 0 Å². The van der Waals surface area contributed by atoms with Gasteiger partial charge in [0.1, 0.15) is 0 Å². The van der Waals surface area contributed by atoms with E-state index in [0.717, 1.165) is 13.1 Å². The fraction of sp³-hybridized carbons (Fsp3) is 0.818. The van der Waals surface area contributed by atoms with Crippen molar-refractivity contribution in [3.8, 4) is 0 Å². The Balaban J connectivity index is 0.00000256. The number of rotatable bonds is 3. The van der Waals surface area contributed by atoms with E-state index in [9.17, 15) is 9.59 Å². The summed E-state index contributed by atoms with van der Waals surface area (Å²) in [5.41, 5.74) is 5.14. The van der Waals surface area contributed by atoms with E-state index in [1.165, 1.54) is 6.42 Å². The van der Waals surface area contributed by atoms with Gasteiger partial charge in [0.25, 0.3) is 0 Å². The van der Waals surface area contributed by atoms with E-state index in [0.29, 0.717) is 11.8 Å². The van der Waals surface area contributed by atoms with E-state index in [4.69, 9.17) is 5.73 Å². The maximum Gasteiger partial charge on any atom is 0.241 e. The zero-order valence-electron chi connectivity index (χ0n) is 10.4. The third-order valence-electron chi connectivity index (χ3n) is 2.84. The molecule has 1 saturated heterocycles. The Morgan fingerprint density at radius 3 is 2.29 bits per heavy atom. The molecule has 1 heterocycles. The van der Waals surface area contributed by atoms with Gasteiger partial charge in [0, 0.05) is 13.1 Å². The van der Waals surface area contributed by atoms with Crippen LogP contribution in [-0.2, 0) is 9.59 Å². The molecule has 1 aliphatic heterocycles. The van der Waals surface area contributed by atoms with Crippen molar-refractivity contribution in [3.05, 3.63) is 0 Å². The molecule has 1 aliphatic rings. The van der Waals surface area contributed by atoms with Gasteiger partial charge in [-0.05, 0) is 18.3 Å². The quantitative estimate of drug-likeness (QED) is 0.752. The highest BCUT2D eigenvalue weighted by atomic mass is 35.5. The first-order valence-electron chi connectivity index (χ1n) is 5.77. The van der Waals surface area contributed by atoms with Gasteiger partial charge in [-0.2, -0.15) is 0 Å². The average Bonchev–Trinajstić information content (AvgIpc) is 2.23. The lowest BCUT2D eigenvalue weighted by Gasteiger charge is -2.35. The van der Waals surface area contributed by atoms with Crippen LogP contribution in [0, 0.1) is 11.8 Å². The first-order valence-corrected chi connectivity index (χ1v) is 5.77. The molecule has 2 amide bonds. The largest absolute Gasteiger partial charge is 0.346 e.